The molecule has 12 heteroatoms. The van der Waals surface area contributed by atoms with Gasteiger partial charge in [-0.3, -0.25) is 10.1 Å². The van der Waals surface area contributed by atoms with Gasteiger partial charge in [0.25, 0.3) is 5.69 Å². The fourth-order valence-electron chi connectivity index (χ4n) is 2.93. The fourth-order valence-corrected chi connectivity index (χ4v) is 3.44. The highest BCUT2D eigenvalue weighted by atomic mass is 79.9. The maximum atomic E-state index is 14.3. The number of hydrogen-bond acceptors (Lipinski definition) is 6. The van der Waals surface area contributed by atoms with E-state index in [4.69, 9.17) is 14.2 Å². The van der Waals surface area contributed by atoms with Crippen molar-refractivity contribution in [2.45, 2.75) is 32.9 Å². The van der Waals surface area contributed by atoms with Gasteiger partial charge in [0.2, 0.25) is 0 Å². The molecule has 0 saturated carbocycles. The van der Waals surface area contributed by atoms with E-state index in [2.05, 4.69) is 15.9 Å². The number of nitrogens with zero attached hydrogens (tertiary/aromatic N) is 1. The predicted octanol–water partition coefficient (Wildman–Crippen LogP) is 6.92. The summed E-state index contributed by atoms with van der Waals surface area (Å²) in [6, 6.07) is 3.92. The Morgan fingerprint density at radius 2 is 1.91 bits per heavy atom. The molecule has 0 aromatic heterocycles. The molecule has 0 N–H and O–H groups in total. The van der Waals surface area contributed by atoms with Crippen LogP contribution < -0.4 is 4.74 Å². The molecular formula is C22H22BrF4NO6. The predicted molar refractivity (Wildman–Crippen MR) is 117 cm³/mol. The zero-order valence-corrected chi connectivity index (χ0v) is 19.9. The molecule has 0 radical (unpaired) electrons. The number of ether oxygens (including phenoxy) is 3. The molecule has 2 rings (SSSR count). The quantitative estimate of drug-likeness (QED) is 0.130. The van der Waals surface area contributed by atoms with Gasteiger partial charge < -0.3 is 14.2 Å². The number of esters is 1. The first kappa shape index (κ1) is 27.5. The van der Waals surface area contributed by atoms with Crippen LogP contribution in [0.2, 0.25) is 0 Å². The Hall–Kier alpha value is -2.73. The molecule has 7 nitrogen and oxygen atoms in total. The van der Waals surface area contributed by atoms with Gasteiger partial charge in [0.15, 0.2) is 11.6 Å². The molecule has 0 fully saturated rings. The van der Waals surface area contributed by atoms with Crippen molar-refractivity contribution < 1.29 is 41.5 Å². The summed E-state index contributed by atoms with van der Waals surface area (Å²) in [5.41, 5.74) is -2.23. The average Bonchev–Trinajstić information content (AvgIpc) is 2.77. The topological polar surface area (TPSA) is 87.9 Å². The molecule has 0 bridgehead atoms. The first-order valence-electron chi connectivity index (χ1n) is 10.2. The second-order valence-electron chi connectivity index (χ2n) is 7.16. The van der Waals surface area contributed by atoms with Crippen LogP contribution in [0.5, 0.6) is 11.5 Å². The molecular weight excluding hydrogens is 530 g/mol. The number of halogens is 5. The standard InChI is InChI=1S/C22H22BrF4NO6/c1-3-13(12-32-4-2)7-8-33-21(29)16-11-15(5-6-19(16)28(30)31)34-20-17(23)9-14(10-18(20)24)22(25,26)27/h5-6,9-11,13H,3-4,7-8,12H2,1-2H3. The molecule has 0 heterocycles. The summed E-state index contributed by atoms with van der Waals surface area (Å²) in [4.78, 5) is 23.1. The highest BCUT2D eigenvalue weighted by molar-refractivity contribution is 9.10. The Morgan fingerprint density at radius 3 is 2.47 bits per heavy atom. The van der Waals surface area contributed by atoms with Gasteiger partial charge in [-0.2, -0.15) is 13.2 Å². The maximum Gasteiger partial charge on any atom is 0.416 e. The molecule has 1 unspecified atom stereocenters. The van der Waals surface area contributed by atoms with Gasteiger partial charge in [0, 0.05) is 25.3 Å². The van der Waals surface area contributed by atoms with Gasteiger partial charge in [0.05, 0.1) is 21.6 Å². The van der Waals surface area contributed by atoms with E-state index in [1.54, 1.807) is 0 Å². The summed E-state index contributed by atoms with van der Waals surface area (Å²) in [5, 5.41) is 11.3. The van der Waals surface area contributed by atoms with E-state index in [0.717, 1.165) is 24.6 Å². The molecule has 0 aliphatic rings. The Morgan fingerprint density at radius 1 is 1.21 bits per heavy atom. The second-order valence-corrected chi connectivity index (χ2v) is 8.02. The van der Waals surface area contributed by atoms with E-state index >= 15 is 0 Å². The van der Waals surface area contributed by atoms with Crippen LogP contribution in [0.4, 0.5) is 23.2 Å². The molecule has 0 saturated heterocycles. The minimum atomic E-state index is -4.77. The Balaban J connectivity index is 2.23. The Kier molecular flexibility index (Phi) is 9.80. The highest BCUT2D eigenvalue weighted by Crippen LogP contribution is 2.39. The summed E-state index contributed by atoms with van der Waals surface area (Å²) < 4.78 is 68.4. The normalized spacial score (nSPS) is 12.3. The van der Waals surface area contributed by atoms with Crippen LogP contribution in [0.15, 0.2) is 34.8 Å². The number of carbonyl (C=O) groups is 1. The van der Waals surface area contributed by atoms with E-state index < -0.39 is 45.4 Å². The summed E-state index contributed by atoms with van der Waals surface area (Å²) in [7, 11) is 0. The Bertz CT molecular complexity index is 1010. The molecule has 1 atom stereocenters. The lowest BCUT2D eigenvalue weighted by atomic mass is 10.0. The van der Waals surface area contributed by atoms with Crippen molar-refractivity contribution in [3.8, 4) is 11.5 Å². The lowest BCUT2D eigenvalue weighted by molar-refractivity contribution is -0.385. The smallest absolute Gasteiger partial charge is 0.416 e. The van der Waals surface area contributed by atoms with Crippen molar-refractivity contribution in [3.63, 3.8) is 0 Å². The number of rotatable bonds is 11. The van der Waals surface area contributed by atoms with E-state index in [9.17, 15) is 32.5 Å². The zero-order valence-electron chi connectivity index (χ0n) is 18.3. The molecule has 0 aliphatic carbocycles. The summed E-state index contributed by atoms with van der Waals surface area (Å²) in [5.74, 6) is -2.96. The van der Waals surface area contributed by atoms with Crippen molar-refractivity contribution in [1.29, 1.82) is 0 Å². The van der Waals surface area contributed by atoms with E-state index in [1.165, 1.54) is 0 Å². The first-order chi connectivity index (χ1) is 16.0. The molecule has 0 spiro atoms. The number of carbonyl (C=O) groups excluding carboxylic acids is 1. The zero-order chi connectivity index (χ0) is 25.5. The van der Waals surface area contributed by atoms with Crippen LogP contribution in [-0.4, -0.2) is 30.7 Å². The van der Waals surface area contributed by atoms with E-state index in [1.807, 2.05) is 13.8 Å². The monoisotopic (exact) mass is 551 g/mol. The number of nitro groups is 1. The van der Waals surface area contributed by atoms with Crippen LogP contribution in [0.1, 0.15) is 42.6 Å². The molecule has 2 aromatic rings. The number of nitro benzene ring substituents is 1. The average molecular weight is 552 g/mol. The van der Waals surface area contributed by atoms with Crippen LogP contribution in [-0.2, 0) is 15.7 Å². The molecule has 186 valence electrons. The van der Waals surface area contributed by atoms with Crippen molar-refractivity contribution in [2.75, 3.05) is 19.8 Å². The van der Waals surface area contributed by atoms with Crippen molar-refractivity contribution in [1.82, 2.24) is 0 Å². The summed E-state index contributed by atoms with van der Waals surface area (Å²) in [6.07, 6.45) is -3.50. The molecule has 34 heavy (non-hydrogen) atoms. The van der Waals surface area contributed by atoms with Gasteiger partial charge in [-0.15, -0.1) is 0 Å². The fraction of sp³-hybridized carbons (Fsp3) is 0.409. The van der Waals surface area contributed by atoms with Crippen LogP contribution in [0.25, 0.3) is 0 Å². The van der Waals surface area contributed by atoms with Gasteiger partial charge in [-0.05, 0) is 53.4 Å². The van der Waals surface area contributed by atoms with Gasteiger partial charge in [-0.25, -0.2) is 9.18 Å². The van der Waals surface area contributed by atoms with Crippen molar-refractivity contribution in [3.05, 3.63) is 61.9 Å². The minimum absolute atomic E-state index is 0.00820. The van der Waals surface area contributed by atoms with Gasteiger partial charge in [-0.1, -0.05) is 13.3 Å². The second kappa shape index (κ2) is 12.1. The lowest BCUT2D eigenvalue weighted by Crippen LogP contribution is -2.15. The largest absolute Gasteiger partial charge is 0.462 e. The van der Waals surface area contributed by atoms with Gasteiger partial charge in [0.1, 0.15) is 11.3 Å². The number of alkyl halides is 3. The van der Waals surface area contributed by atoms with Gasteiger partial charge >= 0.3 is 12.1 Å². The SMILES string of the molecule is CCOCC(CC)CCOC(=O)c1cc(Oc2c(F)cc(C(F)(F)F)cc2Br)ccc1[N+](=O)[O-]. The third-order valence-corrected chi connectivity index (χ3v) is 5.41. The number of hydrogen-bond donors (Lipinski definition) is 0. The van der Waals surface area contributed by atoms with Crippen LogP contribution in [0.3, 0.4) is 0 Å². The number of benzene rings is 2. The third-order valence-electron chi connectivity index (χ3n) is 4.82. The van der Waals surface area contributed by atoms with E-state index in [-0.39, 0.29) is 28.8 Å². The minimum Gasteiger partial charge on any atom is -0.462 e. The summed E-state index contributed by atoms with van der Waals surface area (Å²) in [6.45, 7) is 4.84. The summed E-state index contributed by atoms with van der Waals surface area (Å²) >= 11 is 2.83. The molecule has 0 aliphatic heterocycles. The molecule has 2 aromatic carbocycles. The lowest BCUT2D eigenvalue weighted by Gasteiger charge is -2.15. The van der Waals surface area contributed by atoms with E-state index in [0.29, 0.717) is 25.7 Å². The van der Waals surface area contributed by atoms with Crippen LogP contribution >= 0.6 is 15.9 Å². The van der Waals surface area contributed by atoms with Crippen LogP contribution in [0, 0.1) is 21.8 Å². The first-order valence-corrected chi connectivity index (χ1v) is 11.0. The Labute approximate surface area is 201 Å². The molecule has 0 amide bonds. The highest BCUT2D eigenvalue weighted by Gasteiger charge is 2.33. The third kappa shape index (κ3) is 7.39. The van der Waals surface area contributed by atoms with Crippen molar-refractivity contribution in [2.24, 2.45) is 5.92 Å². The maximum absolute atomic E-state index is 14.3. The van der Waals surface area contributed by atoms with Crippen molar-refractivity contribution >= 4 is 27.6 Å².